The Bertz CT molecular complexity index is 244. The summed E-state index contributed by atoms with van der Waals surface area (Å²) in [4.78, 5) is 11.9. The third kappa shape index (κ3) is 1.45. The molecular weight excluding hydrogens is 204 g/mol. The van der Waals surface area contributed by atoms with Crippen molar-refractivity contribution in [1.29, 1.82) is 0 Å². The molecule has 2 aliphatic heterocycles. The van der Waals surface area contributed by atoms with Crippen LogP contribution in [0, 0.1) is 20.8 Å². The number of rotatable bonds is 0. The Morgan fingerprint density at radius 2 is 1.71 bits per heavy atom. The maximum Gasteiger partial charge on any atom is 0.254 e. The van der Waals surface area contributed by atoms with E-state index in [4.69, 9.17) is 0 Å². The fourth-order valence-electron chi connectivity index (χ4n) is 0.863. The topological polar surface area (TPSA) is 133 Å². The van der Waals surface area contributed by atoms with Crippen LogP contribution in [-0.2, 0) is 14.7 Å². The van der Waals surface area contributed by atoms with E-state index in [0.29, 0.717) is 0 Å². The molecule has 2 saturated heterocycles. The molecule has 0 spiro atoms. The Kier molecular flexibility index (Phi) is 2.14. The lowest BCUT2D eigenvalue weighted by atomic mass is 10.5. The summed E-state index contributed by atoms with van der Waals surface area (Å²) in [5, 5.41) is 41.2. The summed E-state index contributed by atoms with van der Waals surface area (Å²) < 4.78 is 0. The highest BCUT2D eigenvalue weighted by molar-refractivity contribution is 5.09. The van der Waals surface area contributed by atoms with Gasteiger partial charge < -0.3 is 25.7 Å². The van der Waals surface area contributed by atoms with Gasteiger partial charge >= 0.3 is 0 Å². The second-order valence-electron chi connectivity index (χ2n) is 2.24. The summed E-state index contributed by atoms with van der Waals surface area (Å²) >= 11 is 0. The molecule has 2 aliphatic rings. The van der Waals surface area contributed by atoms with Crippen molar-refractivity contribution < 1.29 is 14.7 Å². The second-order valence-corrected chi connectivity index (χ2v) is 2.24. The molecule has 2 rings (SSSR count). The first-order valence-corrected chi connectivity index (χ1v) is 3.21. The van der Waals surface area contributed by atoms with Crippen LogP contribution >= 0.6 is 0 Å². The molecule has 0 aliphatic carbocycles. The Labute approximate surface area is 75.9 Å². The molecule has 0 aromatic rings. The van der Waals surface area contributed by atoms with Crippen molar-refractivity contribution in [2.45, 2.75) is 0 Å². The zero-order valence-corrected chi connectivity index (χ0v) is 6.35. The quantitative estimate of drug-likeness (QED) is 0.483. The molecule has 80 valence electrons. The van der Waals surface area contributed by atoms with Gasteiger partial charge in [-0.1, -0.05) is 5.39 Å². The van der Waals surface area contributed by atoms with Gasteiger partial charge in [-0.2, -0.15) is 4.94 Å². The minimum absolute atomic E-state index is 0.0972. The molecule has 2 fully saturated rings. The van der Waals surface area contributed by atoms with E-state index in [1.165, 1.54) is 0 Å². The number of hydrogen-bond donors (Lipinski definition) is 0. The van der Waals surface area contributed by atoms with Crippen molar-refractivity contribution >= 4 is 0 Å². The van der Waals surface area contributed by atoms with Gasteiger partial charge in [-0.15, -0.1) is 0 Å². The van der Waals surface area contributed by atoms with Crippen LogP contribution in [0.3, 0.4) is 0 Å². The molecule has 11 heteroatoms. The average Bonchev–Trinajstić information content (AvgIpc) is 2.55. The monoisotopic (exact) mass is 206 g/mol. The van der Waals surface area contributed by atoms with E-state index in [1.54, 1.807) is 0 Å². The number of hydrogen-bond acceptors (Lipinski definition) is 11. The summed E-state index contributed by atoms with van der Waals surface area (Å²) in [6, 6.07) is 0. The molecule has 0 unspecified atom stereocenters. The average molecular weight is 206 g/mol. The van der Waals surface area contributed by atoms with E-state index in [2.05, 4.69) is 14.7 Å². The standard InChI is InChI=1S/C3H2N4O7/c8-4-1-2(5(9)13-4)3-6(10)14-7(11)12-3/h1H2/q-4/b3-2+. The van der Waals surface area contributed by atoms with Crippen LogP contribution in [-0.4, -0.2) is 27.6 Å². The van der Waals surface area contributed by atoms with Crippen molar-refractivity contribution in [3.8, 4) is 0 Å². The minimum Gasteiger partial charge on any atom is -0.760 e. The lowest BCUT2D eigenvalue weighted by Crippen LogP contribution is -2.16. The maximum atomic E-state index is 10.8. The summed E-state index contributed by atoms with van der Waals surface area (Å²) in [6.45, 7) is -0.547. The van der Waals surface area contributed by atoms with Gasteiger partial charge in [-0.3, -0.25) is 10.5 Å². The van der Waals surface area contributed by atoms with E-state index in [-0.39, 0.29) is 15.7 Å². The lowest BCUT2D eigenvalue weighted by molar-refractivity contribution is -0.310. The van der Waals surface area contributed by atoms with E-state index in [0.717, 1.165) is 0 Å². The predicted octanol–water partition coefficient (Wildman–Crippen LogP) is -0.993. The zero-order valence-electron chi connectivity index (χ0n) is 6.35. The Balaban J connectivity index is 2.22. The molecule has 0 bridgehead atoms. The van der Waals surface area contributed by atoms with Crippen LogP contribution in [0.5, 0.6) is 0 Å². The molecule has 0 saturated carbocycles. The van der Waals surface area contributed by atoms with Gasteiger partial charge in [-0.05, 0) is 0 Å². The van der Waals surface area contributed by atoms with Gasteiger partial charge in [0, 0.05) is 0 Å². The van der Waals surface area contributed by atoms with Crippen molar-refractivity contribution in [3.63, 3.8) is 0 Å². The third-order valence-corrected chi connectivity index (χ3v) is 1.38. The summed E-state index contributed by atoms with van der Waals surface area (Å²) in [5.74, 6) is -0.742. The Morgan fingerprint density at radius 3 is 2.14 bits per heavy atom. The molecule has 0 aromatic carbocycles. The van der Waals surface area contributed by atoms with Crippen molar-refractivity contribution in [2.24, 2.45) is 0 Å². The van der Waals surface area contributed by atoms with Gasteiger partial charge in [0.25, 0.3) is 5.88 Å². The van der Waals surface area contributed by atoms with Gasteiger partial charge in [0.05, 0.1) is 6.54 Å². The first-order chi connectivity index (χ1) is 6.58. The van der Waals surface area contributed by atoms with Crippen LogP contribution in [0.2, 0.25) is 0 Å². The largest absolute Gasteiger partial charge is 0.760 e. The van der Waals surface area contributed by atoms with Gasteiger partial charge in [0.1, 0.15) is 5.70 Å². The third-order valence-electron chi connectivity index (χ3n) is 1.38. The lowest BCUT2D eigenvalue weighted by Gasteiger charge is -2.26. The minimum atomic E-state index is -0.742. The Hall–Kier alpha value is -1.18. The molecule has 0 radical (unpaired) electrons. The van der Waals surface area contributed by atoms with Crippen LogP contribution in [0.25, 0.3) is 0 Å². The highest BCUT2D eigenvalue weighted by Crippen LogP contribution is 2.27. The van der Waals surface area contributed by atoms with Crippen LogP contribution in [0.4, 0.5) is 0 Å². The van der Waals surface area contributed by atoms with Crippen molar-refractivity contribution in [2.75, 3.05) is 6.54 Å². The summed E-state index contributed by atoms with van der Waals surface area (Å²) in [5.41, 5.74) is -0.464. The van der Waals surface area contributed by atoms with E-state index in [1.807, 2.05) is 0 Å². The molecule has 11 nitrogen and oxygen atoms in total. The van der Waals surface area contributed by atoms with E-state index in [9.17, 15) is 20.8 Å². The maximum absolute atomic E-state index is 10.8. The predicted molar refractivity (Wildman–Crippen MR) is 36.0 cm³/mol. The zero-order chi connectivity index (χ0) is 10.3. The SMILES string of the molecule is [O-]N1C/C(=C2\ON([O-])ON2[O-])N([O-])O1. The highest BCUT2D eigenvalue weighted by atomic mass is 17.3. The van der Waals surface area contributed by atoms with Gasteiger partial charge in [0.15, 0.2) is 0 Å². The fourth-order valence-corrected chi connectivity index (χ4v) is 0.863. The highest BCUT2D eigenvalue weighted by Gasteiger charge is 2.26. The van der Waals surface area contributed by atoms with Crippen LogP contribution < -0.4 is 0 Å². The second kappa shape index (κ2) is 3.19. The number of nitrogens with zero attached hydrogens (tertiary/aromatic N) is 4. The number of hydroxylamine groups is 6. The van der Waals surface area contributed by atoms with Gasteiger partial charge in [0.2, 0.25) is 0 Å². The van der Waals surface area contributed by atoms with Crippen LogP contribution in [0.1, 0.15) is 0 Å². The first kappa shape index (κ1) is 9.38. The van der Waals surface area contributed by atoms with Crippen LogP contribution in [0.15, 0.2) is 11.6 Å². The van der Waals surface area contributed by atoms with Crippen molar-refractivity contribution in [3.05, 3.63) is 32.4 Å². The summed E-state index contributed by atoms with van der Waals surface area (Å²) in [7, 11) is 0. The summed E-state index contributed by atoms with van der Waals surface area (Å²) in [6.07, 6.45) is 0. The van der Waals surface area contributed by atoms with E-state index < -0.39 is 23.5 Å². The molecule has 0 N–H and O–H groups in total. The first-order valence-electron chi connectivity index (χ1n) is 3.21. The molecule has 0 atom stereocenters. The molecular formula is C3H2N4O7-4. The smallest absolute Gasteiger partial charge is 0.254 e. The molecule has 0 amide bonds. The molecule has 0 aromatic heterocycles. The molecule has 2 heterocycles. The normalized spacial score (nSPS) is 30.3. The van der Waals surface area contributed by atoms with Gasteiger partial charge in [-0.25, -0.2) is 10.2 Å². The molecule has 14 heavy (non-hydrogen) atoms. The van der Waals surface area contributed by atoms with E-state index >= 15 is 0 Å². The Morgan fingerprint density at radius 1 is 1.00 bits per heavy atom. The van der Waals surface area contributed by atoms with Crippen molar-refractivity contribution in [1.82, 2.24) is 21.1 Å². The fraction of sp³-hybridized carbons (Fsp3) is 0.333.